The molecule has 0 fully saturated rings. The van der Waals surface area contributed by atoms with E-state index < -0.39 is 0 Å². The zero-order valence-electron chi connectivity index (χ0n) is 15.5. The topological polar surface area (TPSA) is 48.3 Å². The average molecular weight is 384 g/mol. The molecule has 140 valence electrons. The lowest BCUT2D eigenvalue weighted by Gasteiger charge is -2.10. The first-order chi connectivity index (χ1) is 13.2. The van der Waals surface area contributed by atoms with E-state index >= 15 is 0 Å². The molecule has 27 heavy (non-hydrogen) atoms. The fourth-order valence-corrected chi connectivity index (χ4v) is 3.69. The highest BCUT2D eigenvalue weighted by Crippen LogP contribution is 2.39. The van der Waals surface area contributed by atoms with Gasteiger partial charge in [0.25, 0.3) is 0 Å². The molecule has 0 spiro atoms. The van der Waals surface area contributed by atoms with Gasteiger partial charge in [-0.1, -0.05) is 17.7 Å². The zero-order chi connectivity index (χ0) is 18.8. The van der Waals surface area contributed by atoms with Crippen LogP contribution in [0.4, 0.5) is 5.82 Å². The summed E-state index contributed by atoms with van der Waals surface area (Å²) in [6, 6.07) is 13.6. The van der Waals surface area contributed by atoms with Crippen molar-refractivity contribution >= 4 is 17.4 Å². The van der Waals surface area contributed by atoms with Crippen LogP contribution in [0.1, 0.15) is 18.4 Å². The second-order valence-electron chi connectivity index (χ2n) is 6.52. The van der Waals surface area contributed by atoms with E-state index in [0.717, 1.165) is 60.1 Å². The number of nitrogens with one attached hydrogen (secondary N) is 1. The third-order valence-electron chi connectivity index (χ3n) is 4.85. The van der Waals surface area contributed by atoms with Gasteiger partial charge in [-0.25, -0.2) is 4.68 Å². The Morgan fingerprint density at radius 3 is 2.74 bits per heavy atom. The minimum Gasteiger partial charge on any atom is -0.497 e. The Kier molecular flexibility index (Phi) is 4.94. The summed E-state index contributed by atoms with van der Waals surface area (Å²) >= 11 is 6.22. The number of rotatable bonds is 4. The van der Waals surface area contributed by atoms with Gasteiger partial charge in [0.05, 0.1) is 19.9 Å². The van der Waals surface area contributed by atoms with Crippen LogP contribution >= 0.6 is 11.6 Å². The van der Waals surface area contributed by atoms with E-state index in [1.807, 2.05) is 47.1 Å². The summed E-state index contributed by atoms with van der Waals surface area (Å²) in [5.41, 5.74) is 4.03. The molecule has 4 rings (SSSR count). The molecule has 1 aromatic heterocycles. The summed E-state index contributed by atoms with van der Waals surface area (Å²) in [4.78, 5) is 0. The largest absolute Gasteiger partial charge is 0.497 e. The smallest absolute Gasteiger partial charge is 0.133 e. The van der Waals surface area contributed by atoms with E-state index in [0.29, 0.717) is 5.02 Å². The lowest BCUT2D eigenvalue weighted by atomic mass is 10.0. The van der Waals surface area contributed by atoms with E-state index in [1.165, 1.54) is 5.56 Å². The summed E-state index contributed by atoms with van der Waals surface area (Å²) in [7, 11) is 3.32. The molecule has 3 aromatic rings. The van der Waals surface area contributed by atoms with Crippen LogP contribution in [0, 0.1) is 0 Å². The minimum absolute atomic E-state index is 0.689. The Morgan fingerprint density at radius 2 is 1.96 bits per heavy atom. The molecular weight excluding hydrogens is 362 g/mol. The van der Waals surface area contributed by atoms with Crippen LogP contribution in [0.25, 0.3) is 16.9 Å². The van der Waals surface area contributed by atoms with Crippen molar-refractivity contribution in [1.82, 2.24) is 9.78 Å². The third-order valence-corrected chi connectivity index (χ3v) is 5.08. The molecule has 1 N–H and O–H groups in total. The SMILES string of the molecule is COc1ccc(-c2nn(-c3cccc(Cl)c3)c3c2CCCCN3)c(OC)c1. The maximum atomic E-state index is 6.22. The van der Waals surface area contributed by atoms with Gasteiger partial charge in [-0.15, -0.1) is 0 Å². The van der Waals surface area contributed by atoms with Crippen LogP contribution in [0.3, 0.4) is 0 Å². The number of methoxy groups -OCH3 is 2. The molecule has 0 atom stereocenters. The molecule has 0 radical (unpaired) electrons. The molecule has 0 saturated heterocycles. The molecule has 0 saturated carbocycles. The van der Waals surface area contributed by atoms with Crippen LogP contribution in [-0.2, 0) is 6.42 Å². The van der Waals surface area contributed by atoms with Crippen molar-refractivity contribution in [1.29, 1.82) is 0 Å². The van der Waals surface area contributed by atoms with Crippen molar-refractivity contribution in [3.05, 3.63) is 53.1 Å². The zero-order valence-corrected chi connectivity index (χ0v) is 16.2. The Morgan fingerprint density at radius 1 is 1.07 bits per heavy atom. The molecule has 0 bridgehead atoms. The lowest BCUT2D eigenvalue weighted by Crippen LogP contribution is -2.07. The van der Waals surface area contributed by atoms with E-state index in [-0.39, 0.29) is 0 Å². The van der Waals surface area contributed by atoms with Crippen LogP contribution in [0.15, 0.2) is 42.5 Å². The van der Waals surface area contributed by atoms with Gasteiger partial charge >= 0.3 is 0 Å². The van der Waals surface area contributed by atoms with Gasteiger partial charge in [0.15, 0.2) is 0 Å². The molecule has 1 aliphatic heterocycles. The quantitative estimate of drug-likeness (QED) is 0.691. The van der Waals surface area contributed by atoms with Gasteiger partial charge in [0.1, 0.15) is 23.0 Å². The van der Waals surface area contributed by atoms with Gasteiger partial charge in [0.2, 0.25) is 0 Å². The normalized spacial score (nSPS) is 13.4. The van der Waals surface area contributed by atoms with E-state index in [4.69, 9.17) is 26.2 Å². The highest BCUT2D eigenvalue weighted by Gasteiger charge is 2.23. The first kappa shape index (κ1) is 17.7. The molecule has 6 heteroatoms. The molecule has 0 unspecified atom stereocenters. The number of aromatic nitrogens is 2. The number of ether oxygens (including phenoxy) is 2. The lowest BCUT2D eigenvalue weighted by molar-refractivity contribution is 0.395. The van der Waals surface area contributed by atoms with E-state index in [2.05, 4.69) is 5.32 Å². The van der Waals surface area contributed by atoms with Crippen molar-refractivity contribution in [3.63, 3.8) is 0 Å². The van der Waals surface area contributed by atoms with Crippen LogP contribution in [0.2, 0.25) is 5.02 Å². The standard InChI is InChI=1S/C21H22ClN3O2/c1-26-16-9-10-17(19(13-16)27-2)20-18-8-3-4-11-23-21(18)25(24-20)15-7-5-6-14(22)12-15/h5-7,9-10,12-13,23H,3-4,8,11H2,1-2H3. The first-order valence-corrected chi connectivity index (χ1v) is 9.43. The van der Waals surface area contributed by atoms with Crippen molar-refractivity contribution in [2.24, 2.45) is 0 Å². The monoisotopic (exact) mass is 383 g/mol. The average Bonchev–Trinajstić information content (AvgIpc) is 2.88. The third kappa shape index (κ3) is 3.35. The Labute approximate surface area is 163 Å². The highest BCUT2D eigenvalue weighted by atomic mass is 35.5. The van der Waals surface area contributed by atoms with E-state index in [9.17, 15) is 0 Å². The number of fused-ring (bicyclic) bond motifs is 1. The summed E-state index contributed by atoms with van der Waals surface area (Å²) in [6.07, 6.45) is 3.21. The van der Waals surface area contributed by atoms with Crippen molar-refractivity contribution < 1.29 is 9.47 Å². The Balaban J connectivity index is 1.92. The summed E-state index contributed by atoms with van der Waals surface area (Å²) in [5, 5.41) is 9.20. The van der Waals surface area contributed by atoms with Gasteiger partial charge in [-0.2, -0.15) is 5.10 Å². The highest BCUT2D eigenvalue weighted by molar-refractivity contribution is 6.30. The van der Waals surface area contributed by atoms with Crippen LogP contribution in [-0.4, -0.2) is 30.5 Å². The summed E-state index contributed by atoms with van der Waals surface area (Å²) < 4.78 is 12.9. The summed E-state index contributed by atoms with van der Waals surface area (Å²) in [5.74, 6) is 2.54. The first-order valence-electron chi connectivity index (χ1n) is 9.05. The fourth-order valence-electron chi connectivity index (χ4n) is 3.51. The maximum absolute atomic E-state index is 6.22. The van der Waals surface area contributed by atoms with Gasteiger partial charge in [-0.3, -0.25) is 0 Å². The molecule has 0 aliphatic carbocycles. The molecular formula is C21H22ClN3O2. The van der Waals surface area contributed by atoms with Gasteiger partial charge in [0, 0.05) is 28.8 Å². The molecule has 2 aromatic carbocycles. The van der Waals surface area contributed by atoms with Gasteiger partial charge in [-0.05, 0) is 49.6 Å². The maximum Gasteiger partial charge on any atom is 0.133 e. The van der Waals surface area contributed by atoms with Crippen molar-refractivity contribution in [2.45, 2.75) is 19.3 Å². The van der Waals surface area contributed by atoms with Crippen LogP contribution < -0.4 is 14.8 Å². The van der Waals surface area contributed by atoms with Crippen LogP contribution in [0.5, 0.6) is 11.5 Å². The number of hydrogen-bond acceptors (Lipinski definition) is 4. The Hall–Kier alpha value is -2.66. The number of hydrogen-bond donors (Lipinski definition) is 1. The van der Waals surface area contributed by atoms with E-state index in [1.54, 1.807) is 14.2 Å². The van der Waals surface area contributed by atoms with Crippen molar-refractivity contribution in [3.8, 4) is 28.4 Å². The number of benzene rings is 2. The Bertz CT molecular complexity index is 968. The fraction of sp³-hybridized carbons (Fsp3) is 0.286. The predicted octanol–water partition coefficient (Wildman–Crippen LogP) is 4.96. The molecule has 1 aliphatic rings. The molecule has 5 nitrogen and oxygen atoms in total. The summed E-state index contributed by atoms with van der Waals surface area (Å²) in [6.45, 7) is 0.929. The predicted molar refractivity (Wildman–Crippen MR) is 109 cm³/mol. The minimum atomic E-state index is 0.689. The molecule has 0 amide bonds. The second-order valence-corrected chi connectivity index (χ2v) is 6.95. The number of halogens is 1. The number of nitrogens with zero attached hydrogens (tertiary/aromatic N) is 2. The van der Waals surface area contributed by atoms with Gasteiger partial charge < -0.3 is 14.8 Å². The second kappa shape index (κ2) is 7.53. The molecule has 2 heterocycles. The van der Waals surface area contributed by atoms with Crippen molar-refractivity contribution in [2.75, 3.05) is 26.1 Å². The number of anilines is 1.